The van der Waals surface area contributed by atoms with Crippen LogP contribution >= 0.6 is 11.6 Å². The van der Waals surface area contributed by atoms with Gasteiger partial charge in [0, 0.05) is 43.8 Å². The number of carbonyl (C=O) groups is 1. The number of benzene rings is 1. The molecule has 1 aliphatic heterocycles. The number of hydrogen-bond donors (Lipinski definition) is 2. The van der Waals surface area contributed by atoms with Gasteiger partial charge in [-0.15, -0.1) is 0 Å². The molecule has 0 atom stereocenters. The van der Waals surface area contributed by atoms with Crippen LogP contribution in [0.1, 0.15) is 5.56 Å². The van der Waals surface area contributed by atoms with Crippen LogP contribution in [-0.4, -0.2) is 66.8 Å². The van der Waals surface area contributed by atoms with Crippen molar-refractivity contribution in [1.29, 1.82) is 0 Å². The Bertz CT molecular complexity index is 497. The molecule has 120 valence electrons. The van der Waals surface area contributed by atoms with E-state index in [-0.39, 0.29) is 12.5 Å². The number of aliphatic hydroxyl groups is 1. The van der Waals surface area contributed by atoms with Gasteiger partial charge >= 0.3 is 0 Å². The second-order valence-corrected chi connectivity index (χ2v) is 5.70. The highest BCUT2D eigenvalue weighted by Gasteiger charge is 2.15. The topological polar surface area (TPSA) is 55.8 Å². The van der Waals surface area contributed by atoms with E-state index < -0.39 is 0 Å². The zero-order valence-electron chi connectivity index (χ0n) is 12.5. The number of amides is 1. The molecule has 1 amide bonds. The zero-order chi connectivity index (χ0) is 15.8. The highest BCUT2D eigenvalue weighted by atomic mass is 35.5. The van der Waals surface area contributed by atoms with Crippen molar-refractivity contribution in [2.45, 2.75) is 0 Å². The quantitative estimate of drug-likeness (QED) is 0.768. The maximum Gasteiger partial charge on any atom is 0.245 e. The molecule has 1 fully saturated rings. The lowest BCUT2D eigenvalue weighted by Gasteiger charge is -2.34. The molecular formula is C16H22ClN3O2. The summed E-state index contributed by atoms with van der Waals surface area (Å²) in [6.45, 7) is 5.14. The van der Waals surface area contributed by atoms with Crippen LogP contribution in [0.25, 0.3) is 6.08 Å². The Labute approximate surface area is 136 Å². The molecule has 0 radical (unpaired) electrons. The molecular weight excluding hydrogens is 302 g/mol. The summed E-state index contributed by atoms with van der Waals surface area (Å²) in [5.41, 5.74) is 0.942. The molecule has 0 saturated carbocycles. The monoisotopic (exact) mass is 323 g/mol. The van der Waals surface area contributed by atoms with Crippen molar-refractivity contribution in [3.63, 3.8) is 0 Å². The van der Waals surface area contributed by atoms with Crippen molar-refractivity contribution in [1.82, 2.24) is 15.1 Å². The van der Waals surface area contributed by atoms with Crippen LogP contribution in [0, 0.1) is 0 Å². The Kier molecular flexibility index (Phi) is 6.86. The fraction of sp³-hybridized carbons (Fsp3) is 0.438. The average molecular weight is 324 g/mol. The maximum atomic E-state index is 11.8. The van der Waals surface area contributed by atoms with E-state index in [1.165, 1.54) is 6.08 Å². The molecule has 1 aromatic carbocycles. The van der Waals surface area contributed by atoms with Crippen molar-refractivity contribution >= 4 is 23.6 Å². The molecule has 0 aliphatic carbocycles. The minimum Gasteiger partial charge on any atom is -0.395 e. The first-order valence-corrected chi connectivity index (χ1v) is 7.82. The zero-order valence-corrected chi connectivity index (χ0v) is 13.3. The average Bonchev–Trinajstić information content (AvgIpc) is 2.54. The number of nitrogens with zero attached hydrogens (tertiary/aromatic N) is 2. The SMILES string of the molecule is O=C(/C=C/c1ccc(Cl)cc1)NCN1CCN(CCO)CC1. The van der Waals surface area contributed by atoms with Crippen LogP contribution in [0.5, 0.6) is 0 Å². The summed E-state index contributed by atoms with van der Waals surface area (Å²) in [5, 5.41) is 12.5. The van der Waals surface area contributed by atoms with Gasteiger partial charge in [-0.25, -0.2) is 0 Å². The van der Waals surface area contributed by atoms with Crippen LogP contribution in [-0.2, 0) is 4.79 Å². The summed E-state index contributed by atoms with van der Waals surface area (Å²) in [5.74, 6) is -0.104. The van der Waals surface area contributed by atoms with Gasteiger partial charge in [-0.2, -0.15) is 0 Å². The molecule has 0 bridgehead atoms. The second-order valence-electron chi connectivity index (χ2n) is 5.27. The predicted octanol–water partition coefficient (Wildman–Crippen LogP) is 1.04. The number of β-amino-alcohol motifs (C(OH)–C–C–N with tert-alkyl or cyclic N) is 1. The first kappa shape index (κ1) is 17.0. The fourth-order valence-corrected chi connectivity index (χ4v) is 2.43. The van der Waals surface area contributed by atoms with E-state index in [4.69, 9.17) is 16.7 Å². The maximum absolute atomic E-state index is 11.8. The smallest absolute Gasteiger partial charge is 0.245 e. The van der Waals surface area contributed by atoms with E-state index in [9.17, 15) is 4.79 Å². The van der Waals surface area contributed by atoms with E-state index in [0.29, 0.717) is 11.7 Å². The third kappa shape index (κ3) is 5.77. The fourth-order valence-electron chi connectivity index (χ4n) is 2.31. The van der Waals surface area contributed by atoms with Gasteiger partial charge in [0.1, 0.15) is 0 Å². The summed E-state index contributed by atoms with van der Waals surface area (Å²) < 4.78 is 0. The number of aliphatic hydroxyl groups excluding tert-OH is 1. The minimum absolute atomic E-state index is 0.104. The van der Waals surface area contributed by atoms with E-state index in [2.05, 4.69) is 15.1 Å². The van der Waals surface area contributed by atoms with Gasteiger partial charge in [-0.05, 0) is 23.8 Å². The number of halogens is 1. The van der Waals surface area contributed by atoms with Gasteiger partial charge in [0.05, 0.1) is 13.3 Å². The van der Waals surface area contributed by atoms with Gasteiger partial charge in [0.15, 0.2) is 0 Å². The van der Waals surface area contributed by atoms with Gasteiger partial charge in [-0.3, -0.25) is 14.6 Å². The minimum atomic E-state index is -0.104. The van der Waals surface area contributed by atoms with E-state index in [1.807, 2.05) is 12.1 Å². The Morgan fingerprint density at radius 1 is 1.18 bits per heavy atom. The van der Waals surface area contributed by atoms with Crippen molar-refractivity contribution in [3.05, 3.63) is 40.9 Å². The first-order chi connectivity index (χ1) is 10.7. The van der Waals surface area contributed by atoms with Crippen LogP contribution in [0.3, 0.4) is 0 Å². The summed E-state index contributed by atoms with van der Waals surface area (Å²) in [7, 11) is 0. The number of nitrogens with one attached hydrogen (secondary N) is 1. The summed E-state index contributed by atoms with van der Waals surface area (Å²) in [6.07, 6.45) is 3.30. The Hall–Kier alpha value is -1.40. The number of piperazine rings is 1. The van der Waals surface area contributed by atoms with Gasteiger partial charge in [0.25, 0.3) is 0 Å². The van der Waals surface area contributed by atoms with Crippen LogP contribution in [0.15, 0.2) is 30.3 Å². The molecule has 2 N–H and O–H groups in total. The van der Waals surface area contributed by atoms with E-state index in [0.717, 1.165) is 38.3 Å². The standard InChI is InChI=1S/C16H22ClN3O2/c17-15-4-1-14(2-5-15)3-6-16(22)18-13-20-9-7-19(8-10-20)11-12-21/h1-6,21H,7-13H2,(H,18,22)/b6-3+. The molecule has 0 spiro atoms. The molecule has 1 aromatic rings. The lowest BCUT2D eigenvalue weighted by atomic mass is 10.2. The van der Waals surface area contributed by atoms with Crippen LogP contribution in [0.2, 0.25) is 5.02 Å². The highest BCUT2D eigenvalue weighted by Crippen LogP contribution is 2.10. The lowest BCUT2D eigenvalue weighted by molar-refractivity contribution is -0.117. The molecule has 0 unspecified atom stereocenters. The number of hydrogen-bond acceptors (Lipinski definition) is 4. The molecule has 6 heteroatoms. The highest BCUT2D eigenvalue weighted by molar-refractivity contribution is 6.30. The van der Waals surface area contributed by atoms with Crippen LogP contribution < -0.4 is 5.32 Å². The molecule has 1 aliphatic rings. The second kappa shape index (κ2) is 8.90. The lowest BCUT2D eigenvalue weighted by Crippen LogP contribution is -2.50. The van der Waals surface area contributed by atoms with Gasteiger partial charge in [0.2, 0.25) is 5.91 Å². The van der Waals surface area contributed by atoms with E-state index >= 15 is 0 Å². The largest absolute Gasteiger partial charge is 0.395 e. The normalized spacial score (nSPS) is 17.0. The Morgan fingerprint density at radius 2 is 1.82 bits per heavy atom. The first-order valence-electron chi connectivity index (χ1n) is 7.44. The Morgan fingerprint density at radius 3 is 2.45 bits per heavy atom. The third-order valence-corrected chi connectivity index (χ3v) is 3.91. The van der Waals surface area contributed by atoms with Crippen molar-refractivity contribution in [2.24, 2.45) is 0 Å². The van der Waals surface area contributed by atoms with Gasteiger partial charge in [-0.1, -0.05) is 23.7 Å². The predicted molar refractivity (Wildman–Crippen MR) is 88.6 cm³/mol. The molecule has 1 saturated heterocycles. The molecule has 0 aromatic heterocycles. The van der Waals surface area contributed by atoms with Crippen molar-refractivity contribution in [2.75, 3.05) is 46.0 Å². The summed E-state index contributed by atoms with van der Waals surface area (Å²) >= 11 is 5.81. The van der Waals surface area contributed by atoms with Crippen molar-refractivity contribution < 1.29 is 9.90 Å². The molecule has 22 heavy (non-hydrogen) atoms. The summed E-state index contributed by atoms with van der Waals surface area (Å²) in [6, 6.07) is 7.33. The van der Waals surface area contributed by atoms with Crippen molar-refractivity contribution in [3.8, 4) is 0 Å². The Balaban J connectivity index is 1.69. The molecule has 2 rings (SSSR count). The molecule has 1 heterocycles. The van der Waals surface area contributed by atoms with E-state index in [1.54, 1.807) is 18.2 Å². The number of rotatable bonds is 6. The third-order valence-electron chi connectivity index (χ3n) is 3.66. The summed E-state index contributed by atoms with van der Waals surface area (Å²) in [4.78, 5) is 16.2. The van der Waals surface area contributed by atoms with Crippen LogP contribution in [0.4, 0.5) is 0 Å². The molecule has 5 nitrogen and oxygen atoms in total. The number of carbonyl (C=O) groups excluding carboxylic acids is 1. The van der Waals surface area contributed by atoms with Gasteiger partial charge < -0.3 is 10.4 Å².